The van der Waals surface area contributed by atoms with Crippen LogP contribution in [0.15, 0.2) is 97.1 Å². The molecule has 0 aliphatic heterocycles. The van der Waals surface area contributed by atoms with Gasteiger partial charge in [-0.25, -0.2) is 4.98 Å². The van der Waals surface area contributed by atoms with Gasteiger partial charge in [-0.3, -0.25) is 0 Å². The Hall–Kier alpha value is -4.22. The van der Waals surface area contributed by atoms with E-state index in [4.69, 9.17) is 14.5 Å². The van der Waals surface area contributed by atoms with Crippen LogP contribution < -0.4 is 44.1 Å². The number of carboxylic acids is 1. The number of carbonyl (C=O) groups excluding carboxylic acids is 1. The molecule has 5 rings (SSSR count). The number of nitriles is 1. The molecule has 0 spiro atoms. The number of rotatable bonds is 8. The van der Waals surface area contributed by atoms with Crippen LogP contribution in [-0.2, 0) is 11.4 Å². The Bertz CT molecular complexity index is 1630. The first-order chi connectivity index (χ1) is 18.1. The van der Waals surface area contributed by atoms with Gasteiger partial charge >= 0.3 is 29.6 Å². The average molecular weight is 509 g/mol. The van der Waals surface area contributed by atoms with Gasteiger partial charge in [0.2, 0.25) is 5.88 Å². The molecule has 5 aromatic rings. The van der Waals surface area contributed by atoms with E-state index in [1.807, 2.05) is 84.9 Å². The molecule has 0 radical (unpaired) electrons. The third-order valence-electron chi connectivity index (χ3n) is 5.71. The molecule has 0 N–H and O–H groups in total. The van der Waals surface area contributed by atoms with Crippen LogP contribution in [0, 0.1) is 11.3 Å². The molecule has 0 aliphatic carbocycles. The van der Waals surface area contributed by atoms with Crippen molar-refractivity contribution < 1.29 is 48.9 Å². The van der Waals surface area contributed by atoms with Crippen molar-refractivity contribution in [2.75, 3.05) is 6.61 Å². The van der Waals surface area contributed by atoms with Gasteiger partial charge in [0.15, 0.2) is 5.82 Å². The molecule has 180 valence electrons. The first-order valence-corrected chi connectivity index (χ1v) is 11.5. The summed E-state index contributed by atoms with van der Waals surface area (Å²) in [5, 5.41) is 22.1. The van der Waals surface area contributed by atoms with Crippen molar-refractivity contribution in [3.8, 4) is 40.3 Å². The number of carboxylic acid groups (broad SMARTS) is 1. The molecule has 7 nitrogen and oxygen atoms in total. The molecule has 8 heteroatoms. The summed E-state index contributed by atoms with van der Waals surface area (Å²) in [6, 6.07) is 32.2. The van der Waals surface area contributed by atoms with Crippen molar-refractivity contribution in [1.29, 1.82) is 5.26 Å². The van der Waals surface area contributed by atoms with Crippen molar-refractivity contribution in [3.63, 3.8) is 0 Å². The number of carbonyl (C=O) groups is 1. The first-order valence-electron chi connectivity index (χ1n) is 11.5. The average Bonchev–Trinajstić information content (AvgIpc) is 2.95. The van der Waals surface area contributed by atoms with Crippen LogP contribution in [0.5, 0.6) is 11.6 Å². The topological polar surface area (TPSA) is 108 Å². The van der Waals surface area contributed by atoms with Gasteiger partial charge in [0.05, 0.1) is 23.3 Å². The largest absolute Gasteiger partial charge is 1.00 e. The van der Waals surface area contributed by atoms with Crippen molar-refractivity contribution in [3.05, 3.63) is 108 Å². The van der Waals surface area contributed by atoms with Crippen molar-refractivity contribution >= 4 is 16.7 Å². The van der Waals surface area contributed by atoms with Gasteiger partial charge in [0.1, 0.15) is 19.0 Å². The molecule has 0 fully saturated rings. The van der Waals surface area contributed by atoms with E-state index in [1.54, 1.807) is 12.1 Å². The van der Waals surface area contributed by atoms with E-state index in [-0.39, 0.29) is 35.4 Å². The van der Waals surface area contributed by atoms with Crippen LogP contribution in [0.4, 0.5) is 0 Å². The maximum atomic E-state index is 10.9. The van der Waals surface area contributed by atoms with E-state index < -0.39 is 12.6 Å². The third kappa shape index (κ3) is 6.36. The summed E-state index contributed by atoms with van der Waals surface area (Å²) in [5.74, 6) is -0.0888. The summed E-state index contributed by atoms with van der Waals surface area (Å²) in [5.41, 5.74) is 3.63. The number of hydrogen-bond donors (Lipinski definition) is 0. The van der Waals surface area contributed by atoms with Crippen molar-refractivity contribution in [2.45, 2.75) is 6.61 Å². The molecule has 1 heterocycles. The predicted molar refractivity (Wildman–Crippen MR) is 136 cm³/mol. The molecular weight excluding hydrogens is 489 g/mol. The number of nitrogens with zero attached hydrogens (tertiary/aromatic N) is 3. The summed E-state index contributed by atoms with van der Waals surface area (Å²) >= 11 is 0. The molecule has 0 saturated heterocycles. The van der Waals surface area contributed by atoms with Gasteiger partial charge in [0.25, 0.3) is 0 Å². The Morgan fingerprint density at radius 3 is 2.34 bits per heavy atom. The second kappa shape index (κ2) is 12.3. The third-order valence-corrected chi connectivity index (χ3v) is 5.71. The molecule has 0 saturated carbocycles. The van der Waals surface area contributed by atoms with Crippen LogP contribution in [0.25, 0.3) is 33.4 Å². The van der Waals surface area contributed by atoms with E-state index in [0.29, 0.717) is 29.4 Å². The minimum absolute atomic E-state index is 0. The van der Waals surface area contributed by atoms with Crippen LogP contribution >= 0.6 is 0 Å². The fourth-order valence-corrected chi connectivity index (χ4v) is 3.89. The Labute approximate surface area is 241 Å². The monoisotopic (exact) mass is 509 g/mol. The van der Waals surface area contributed by atoms with E-state index >= 15 is 0 Å². The second-order valence-corrected chi connectivity index (χ2v) is 8.22. The van der Waals surface area contributed by atoms with Crippen molar-refractivity contribution in [1.82, 2.24) is 9.97 Å². The fourth-order valence-electron chi connectivity index (χ4n) is 3.89. The Morgan fingerprint density at radius 1 is 0.816 bits per heavy atom. The molecule has 0 aliphatic rings. The number of aromatic nitrogens is 2. The zero-order valence-corrected chi connectivity index (χ0v) is 22.6. The predicted octanol–water partition coefficient (Wildman–Crippen LogP) is 1.55. The van der Waals surface area contributed by atoms with Crippen LogP contribution in [0.2, 0.25) is 0 Å². The molecular formula is C30H20N3NaO4. The standard InChI is InChI=1S/C30H21N3O4.Na/c31-17-24-8-4-5-9-25(24)18-36-26-13-12-21-14-23(11-10-22(21)15-26)30-32-27(20-6-2-1-3-7-20)16-28(33-30)37-19-29(34)35;/h1-16H,18-19H2,(H,34,35);/q;+1/p-1. The quantitative estimate of drug-likeness (QED) is 0.292. The first kappa shape index (κ1) is 26.8. The van der Waals surface area contributed by atoms with Gasteiger partial charge in [-0.15, -0.1) is 0 Å². The molecule has 0 atom stereocenters. The van der Waals surface area contributed by atoms with E-state index in [1.165, 1.54) is 0 Å². The number of fused-ring (bicyclic) bond motifs is 1. The number of benzene rings is 4. The molecule has 4 aromatic carbocycles. The molecule has 0 unspecified atom stereocenters. The molecule has 0 bridgehead atoms. The number of ether oxygens (including phenoxy) is 2. The maximum absolute atomic E-state index is 10.9. The normalized spacial score (nSPS) is 10.3. The summed E-state index contributed by atoms with van der Waals surface area (Å²) in [7, 11) is 0. The SMILES string of the molecule is N#Cc1ccccc1COc1ccc2cc(-c3nc(OCC(=O)[O-])cc(-c4ccccc4)n3)ccc2c1.[Na+]. The van der Waals surface area contributed by atoms with Gasteiger partial charge < -0.3 is 19.4 Å². The Morgan fingerprint density at radius 2 is 1.55 bits per heavy atom. The zero-order chi connectivity index (χ0) is 25.6. The summed E-state index contributed by atoms with van der Waals surface area (Å²) in [6.07, 6.45) is 0. The Balaban J connectivity index is 0.00000336. The minimum atomic E-state index is -1.33. The molecule has 1 aromatic heterocycles. The summed E-state index contributed by atoms with van der Waals surface area (Å²) in [6.45, 7) is -0.313. The zero-order valence-electron chi connectivity index (χ0n) is 20.6. The van der Waals surface area contributed by atoms with Crippen LogP contribution in [0.3, 0.4) is 0 Å². The number of aliphatic carboxylic acids is 1. The number of hydrogen-bond acceptors (Lipinski definition) is 7. The van der Waals surface area contributed by atoms with E-state index in [9.17, 15) is 15.2 Å². The van der Waals surface area contributed by atoms with Gasteiger partial charge in [0, 0.05) is 22.8 Å². The maximum Gasteiger partial charge on any atom is 1.00 e. The van der Waals surface area contributed by atoms with Crippen molar-refractivity contribution in [2.24, 2.45) is 0 Å². The fraction of sp³-hybridized carbons (Fsp3) is 0.0667. The second-order valence-electron chi connectivity index (χ2n) is 8.22. The van der Waals surface area contributed by atoms with Crippen LogP contribution in [0.1, 0.15) is 11.1 Å². The van der Waals surface area contributed by atoms with Gasteiger partial charge in [-0.05, 0) is 35.0 Å². The van der Waals surface area contributed by atoms with E-state index in [2.05, 4.69) is 11.1 Å². The minimum Gasteiger partial charge on any atom is -0.546 e. The van der Waals surface area contributed by atoms with E-state index in [0.717, 1.165) is 27.5 Å². The summed E-state index contributed by atoms with van der Waals surface area (Å²) in [4.78, 5) is 20.0. The Kier molecular flexibility index (Phi) is 8.72. The summed E-state index contributed by atoms with van der Waals surface area (Å²) < 4.78 is 11.3. The van der Waals surface area contributed by atoms with Gasteiger partial charge in [-0.1, -0.05) is 66.7 Å². The van der Waals surface area contributed by atoms with Crippen LogP contribution in [-0.4, -0.2) is 22.5 Å². The van der Waals surface area contributed by atoms with Gasteiger partial charge in [-0.2, -0.15) is 10.2 Å². The molecule has 38 heavy (non-hydrogen) atoms. The molecule has 0 amide bonds. The smallest absolute Gasteiger partial charge is 0.546 e.